The lowest BCUT2D eigenvalue weighted by Crippen LogP contribution is -2.46. The van der Waals surface area contributed by atoms with Crippen molar-refractivity contribution < 1.29 is 0 Å². The first kappa shape index (κ1) is 16.1. The van der Waals surface area contributed by atoms with Crippen LogP contribution in [0.25, 0.3) is 5.57 Å². The Hall–Kier alpha value is -2.41. The molecule has 2 aromatic rings. The Kier molecular flexibility index (Phi) is 4.40. The lowest BCUT2D eigenvalue weighted by Gasteiger charge is -2.38. The van der Waals surface area contributed by atoms with Gasteiger partial charge in [-0.25, -0.2) is 0 Å². The summed E-state index contributed by atoms with van der Waals surface area (Å²) in [5, 5.41) is 9.36. The zero-order chi connectivity index (χ0) is 17.2. The first-order valence-corrected chi connectivity index (χ1v) is 8.98. The maximum Gasteiger partial charge on any atom is 0.0918 e. The fourth-order valence-corrected chi connectivity index (χ4v) is 4.14. The van der Waals surface area contributed by atoms with Crippen LogP contribution >= 0.6 is 0 Å². The predicted octanol–water partition coefficient (Wildman–Crippen LogP) is 3.49. The zero-order valence-corrected chi connectivity index (χ0v) is 14.7. The monoisotopic (exact) mass is 329 g/mol. The molecule has 1 unspecified atom stereocenters. The van der Waals surface area contributed by atoms with Crippen molar-refractivity contribution >= 4 is 5.57 Å². The molecule has 1 fully saturated rings. The number of hydrogen-bond donors (Lipinski definition) is 0. The average molecular weight is 329 g/mol. The lowest BCUT2D eigenvalue weighted by atomic mass is 9.93. The lowest BCUT2D eigenvalue weighted by molar-refractivity contribution is 0.111. The topological polar surface area (TPSA) is 30.3 Å². The molecule has 1 heterocycles. The van der Waals surface area contributed by atoms with E-state index < -0.39 is 0 Å². The van der Waals surface area contributed by atoms with E-state index in [1.54, 1.807) is 6.08 Å². The van der Waals surface area contributed by atoms with Crippen molar-refractivity contribution in [2.24, 2.45) is 0 Å². The number of nitriles is 1. The van der Waals surface area contributed by atoms with Crippen molar-refractivity contribution in [2.75, 3.05) is 33.2 Å². The number of piperazine rings is 1. The van der Waals surface area contributed by atoms with Crippen LogP contribution in [0.4, 0.5) is 0 Å². The molecule has 4 rings (SSSR count). The Morgan fingerprint density at radius 1 is 0.960 bits per heavy atom. The second-order valence-electron chi connectivity index (χ2n) is 6.99. The smallest absolute Gasteiger partial charge is 0.0918 e. The highest BCUT2D eigenvalue weighted by Crippen LogP contribution is 2.40. The fraction of sp³-hybridized carbons (Fsp3) is 0.318. The van der Waals surface area contributed by atoms with Crippen LogP contribution in [0.5, 0.6) is 0 Å². The molecule has 3 nitrogen and oxygen atoms in total. The first-order valence-electron chi connectivity index (χ1n) is 8.98. The average Bonchev–Trinajstić information content (AvgIpc) is 2.79. The molecule has 0 amide bonds. The van der Waals surface area contributed by atoms with Crippen molar-refractivity contribution in [1.82, 2.24) is 9.80 Å². The number of rotatable bonds is 1. The van der Waals surface area contributed by atoms with E-state index in [-0.39, 0.29) is 0 Å². The van der Waals surface area contributed by atoms with Crippen LogP contribution < -0.4 is 0 Å². The third kappa shape index (κ3) is 3.00. The Labute approximate surface area is 149 Å². The Morgan fingerprint density at radius 3 is 2.40 bits per heavy atom. The Bertz CT molecular complexity index is 838. The third-order valence-corrected chi connectivity index (χ3v) is 5.52. The summed E-state index contributed by atoms with van der Waals surface area (Å²) in [7, 11) is 2.20. The second-order valence-corrected chi connectivity index (χ2v) is 6.99. The first-order chi connectivity index (χ1) is 12.3. The Morgan fingerprint density at radius 2 is 1.64 bits per heavy atom. The second kappa shape index (κ2) is 6.84. The SMILES string of the molecule is CN1CCN(C2Cc3ccccc3C(=CC#N)c3ccccc32)CC1. The zero-order valence-electron chi connectivity index (χ0n) is 14.7. The van der Waals surface area contributed by atoms with Crippen LogP contribution in [0.2, 0.25) is 0 Å². The highest BCUT2D eigenvalue weighted by Gasteiger charge is 2.30. The van der Waals surface area contributed by atoms with Gasteiger partial charge in [0, 0.05) is 38.3 Å². The molecule has 0 N–H and O–H groups in total. The molecule has 0 saturated carbocycles. The van der Waals surface area contributed by atoms with Gasteiger partial charge in [0.2, 0.25) is 0 Å². The molecule has 25 heavy (non-hydrogen) atoms. The van der Waals surface area contributed by atoms with Gasteiger partial charge in [-0.15, -0.1) is 0 Å². The normalized spacial score (nSPS) is 22.7. The molecule has 126 valence electrons. The Balaban J connectivity index is 1.86. The molecular formula is C22H23N3. The summed E-state index contributed by atoms with van der Waals surface area (Å²) in [5.74, 6) is 0. The summed E-state index contributed by atoms with van der Waals surface area (Å²) in [6.07, 6.45) is 2.71. The maximum atomic E-state index is 9.36. The molecule has 1 aliphatic carbocycles. The minimum absolute atomic E-state index is 0.371. The largest absolute Gasteiger partial charge is 0.304 e. The van der Waals surface area contributed by atoms with Gasteiger partial charge in [-0.2, -0.15) is 5.26 Å². The van der Waals surface area contributed by atoms with Crippen molar-refractivity contribution in [3.05, 3.63) is 76.9 Å². The summed E-state index contributed by atoms with van der Waals surface area (Å²) in [6, 6.07) is 19.8. The van der Waals surface area contributed by atoms with Crippen LogP contribution in [0, 0.1) is 11.3 Å². The van der Waals surface area contributed by atoms with E-state index in [0.29, 0.717) is 6.04 Å². The number of nitrogens with zero attached hydrogens (tertiary/aromatic N) is 3. The number of fused-ring (bicyclic) bond motifs is 2. The van der Waals surface area contributed by atoms with Crippen LogP contribution in [-0.2, 0) is 6.42 Å². The molecule has 2 aliphatic rings. The van der Waals surface area contributed by atoms with E-state index >= 15 is 0 Å². The number of likely N-dealkylation sites (N-methyl/N-ethyl adjacent to an activating group) is 1. The van der Waals surface area contributed by atoms with Gasteiger partial charge in [0.05, 0.1) is 6.07 Å². The van der Waals surface area contributed by atoms with Gasteiger partial charge in [-0.3, -0.25) is 4.90 Å². The van der Waals surface area contributed by atoms with Crippen molar-refractivity contribution in [3.8, 4) is 6.07 Å². The predicted molar refractivity (Wildman–Crippen MR) is 101 cm³/mol. The summed E-state index contributed by atoms with van der Waals surface area (Å²) >= 11 is 0. The summed E-state index contributed by atoms with van der Waals surface area (Å²) < 4.78 is 0. The van der Waals surface area contributed by atoms with Crippen LogP contribution in [0.3, 0.4) is 0 Å². The van der Waals surface area contributed by atoms with Gasteiger partial charge in [-0.1, -0.05) is 48.5 Å². The van der Waals surface area contributed by atoms with Gasteiger partial charge in [0.25, 0.3) is 0 Å². The molecule has 0 radical (unpaired) electrons. The molecular weight excluding hydrogens is 306 g/mol. The molecule has 2 aromatic carbocycles. The van der Waals surface area contributed by atoms with Gasteiger partial charge in [0.1, 0.15) is 0 Å². The van der Waals surface area contributed by atoms with Crippen LogP contribution in [0.1, 0.15) is 28.3 Å². The molecule has 1 atom stereocenters. The fourth-order valence-electron chi connectivity index (χ4n) is 4.14. The maximum absolute atomic E-state index is 9.36. The molecule has 1 saturated heterocycles. The van der Waals surface area contributed by atoms with Crippen LogP contribution in [-0.4, -0.2) is 43.0 Å². The van der Waals surface area contributed by atoms with Gasteiger partial charge >= 0.3 is 0 Å². The van der Waals surface area contributed by atoms with Gasteiger partial charge < -0.3 is 4.90 Å². The van der Waals surface area contributed by atoms with E-state index in [0.717, 1.165) is 38.2 Å². The molecule has 3 heteroatoms. The number of hydrogen-bond acceptors (Lipinski definition) is 3. The molecule has 0 bridgehead atoms. The number of benzene rings is 2. The summed E-state index contributed by atoms with van der Waals surface area (Å²) in [4.78, 5) is 5.01. The van der Waals surface area contributed by atoms with Crippen molar-refractivity contribution in [1.29, 1.82) is 5.26 Å². The van der Waals surface area contributed by atoms with Gasteiger partial charge in [0.15, 0.2) is 0 Å². The van der Waals surface area contributed by atoms with E-state index in [2.05, 4.69) is 71.4 Å². The highest BCUT2D eigenvalue weighted by atomic mass is 15.3. The van der Waals surface area contributed by atoms with E-state index in [1.165, 1.54) is 22.3 Å². The standard InChI is InChI=1S/C22H23N3/c1-24-12-14-25(15-13-24)22-16-17-6-2-3-7-18(17)20(10-11-23)19-8-4-5-9-21(19)22/h2-10,22H,12-16H2,1H3. The minimum atomic E-state index is 0.371. The molecule has 1 aliphatic heterocycles. The number of allylic oxidation sites excluding steroid dienone is 1. The summed E-state index contributed by atoms with van der Waals surface area (Å²) in [5.41, 5.74) is 6.16. The van der Waals surface area contributed by atoms with E-state index in [9.17, 15) is 5.26 Å². The highest BCUT2D eigenvalue weighted by molar-refractivity contribution is 5.85. The quantitative estimate of drug-likeness (QED) is 0.750. The third-order valence-electron chi connectivity index (χ3n) is 5.52. The minimum Gasteiger partial charge on any atom is -0.304 e. The van der Waals surface area contributed by atoms with Crippen molar-refractivity contribution in [2.45, 2.75) is 12.5 Å². The van der Waals surface area contributed by atoms with E-state index in [1.807, 2.05) is 0 Å². The summed E-state index contributed by atoms with van der Waals surface area (Å²) in [6.45, 7) is 4.41. The van der Waals surface area contributed by atoms with E-state index in [4.69, 9.17) is 0 Å². The molecule has 0 spiro atoms. The van der Waals surface area contributed by atoms with Gasteiger partial charge in [-0.05, 0) is 41.3 Å². The molecule has 0 aromatic heterocycles. The van der Waals surface area contributed by atoms with Crippen molar-refractivity contribution in [3.63, 3.8) is 0 Å². The van der Waals surface area contributed by atoms with Crippen LogP contribution in [0.15, 0.2) is 54.6 Å².